The van der Waals surface area contributed by atoms with E-state index >= 15 is 0 Å². The van der Waals surface area contributed by atoms with Gasteiger partial charge in [0.1, 0.15) is 0 Å². The molecule has 1 aliphatic rings. The Bertz CT molecular complexity index is 214. The molecule has 0 aliphatic heterocycles. The molecule has 120 valence electrons. The van der Waals surface area contributed by atoms with Crippen LogP contribution in [0.3, 0.4) is 0 Å². The summed E-state index contributed by atoms with van der Waals surface area (Å²) in [6, 6.07) is 0.713. The first-order chi connectivity index (χ1) is 9.83. The third-order valence-corrected chi connectivity index (χ3v) is 3.76. The number of hydrogen-bond donors (Lipinski definition) is 1. The van der Waals surface area contributed by atoms with Crippen molar-refractivity contribution in [2.75, 3.05) is 46.2 Å². The fourth-order valence-electron chi connectivity index (χ4n) is 2.52. The van der Waals surface area contributed by atoms with Gasteiger partial charge in [-0.15, -0.1) is 0 Å². The third-order valence-electron chi connectivity index (χ3n) is 3.76. The maximum Gasteiger partial charge on any atom is 0.0701 e. The lowest BCUT2D eigenvalue weighted by Gasteiger charge is -2.12. The Morgan fingerprint density at radius 3 is 2.15 bits per heavy atom. The Morgan fingerprint density at radius 2 is 1.55 bits per heavy atom. The van der Waals surface area contributed by atoms with Gasteiger partial charge in [-0.05, 0) is 31.6 Å². The minimum Gasteiger partial charge on any atom is -0.379 e. The summed E-state index contributed by atoms with van der Waals surface area (Å²) in [4.78, 5) is 0. The Hall–Kier alpha value is -0.160. The van der Waals surface area contributed by atoms with E-state index in [9.17, 15) is 0 Å². The van der Waals surface area contributed by atoms with E-state index in [0.717, 1.165) is 32.1 Å². The third kappa shape index (κ3) is 9.70. The summed E-state index contributed by atoms with van der Waals surface area (Å²) < 4.78 is 16.4. The van der Waals surface area contributed by atoms with Crippen LogP contribution in [0.25, 0.3) is 0 Å². The standard InChI is InChI=1S/C16H33NO3/c1-3-4-8-18-10-12-20-13-11-19-9-7-17-16-6-5-15(2)14-16/h15-17H,3-14H2,1-2H3. The molecule has 4 nitrogen and oxygen atoms in total. The van der Waals surface area contributed by atoms with Gasteiger partial charge in [0.25, 0.3) is 0 Å². The highest BCUT2D eigenvalue weighted by atomic mass is 16.5. The molecule has 1 rings (SSSR count). The molecule has 1 fully saturated rings. The van der Waals surface area contributed by atoms with Crippen LogP contribution in [-0.2, 0) is 14.2 Å². The van der Waals surface area contributed by atoms with Gasteiger partial charge in [-0.25, -0.2) is 0 Å². The van der Waals surface area contributed by atoms with Crippen molar-refractivity contribution in [3.05, 3.63) is 0 Å². The number of ether oxygens (including phenoxy) is 3. The molecule has 0 spiro atoms. The topological polar surface area (TPSA) is 39.7 Å². The summed E-state index contributed by atoms with van der Waals surface area (Å²) >= 11 is 0. The average molecular weight is 287 g/mol. The molecule has 1 saturated carbocycles. The van der Waals surface area contributed by atoms with Crippen molar-refractivity contribution in [2.24, 2.45) is 5.92 Å². The Kier molecular flexibility index (Phi) is 11.2. The molecule has 20 heavy (non-hydrogen) atoms. The second kappa shape index (κ2) is 12.6. The quantitative estimate of drug-likeness (QED) is 0.529. The summed E-state index contributed by atoms with van der Waals surface area (Å²) in [5.74, 6) is 0.890. The normalized spacial score (nSPS) is 22.5. The molecule has 0 amide bonds. The first-order valence-electron chi connectivity index (χ1n) is 8.29. The average Bonchev–Trinajstić information content (AvgIpc) is 2.86. The van der Waals surface area contributed by atoms with Gasteiger partial charge in [0.15, 0.2) is 0 Å². The van der Waals surface area contributed by atoms with E-state index in [2.05, 4.69) is 19.2 Å². The highest BCUT2D eigenvalue weighted by Gasteiger charge is 2.19. The monoisotopic (exact) mass is 287 g/mol. The highest BCUT2D eigenvalue weighted by Crippen LogP contribution is 2.24. The van der Waals surface area contributed by atoms with Crippen LogP contribution in [0.4, 0.5) is 0 Å². The largest absolute Gasteiger partial charge is 0.379 e. The zero-order valence-corrected chi connectivity index (χ0v) is 13.4. The van der Waals surface area contributed by atoms with Gasteiger partial charge in [-0.1, -0.05) is 20.3 Å². The second-order valence-electron chi connectivity index (χ2n) is 5.76. The lowest BCUT2D eigenvalue weighted by Crippen LogP contribution is -2.30. The molecule has 2 unspecified atom stereocenters. The Morgan fingerprint density at radius 1 is 0.900 bits per heavy atom. The van der Waals surface area contributed by atoms with Crippen LogP contribution in [0.1, 0.15) is 46.0 Å². The van der Waals surface area contributed by atoms with Crippen molar-refractivity contribution in [2.45, 2.75) is 52.0 Å². The minimum absolute atomic E-state index is 0.664. The number of rotatable bonds is 13. The summed E-state index contributed by atoms with van der Waals surface area (Å²) in [5, 5.41) is 3.56. The molecule has 0 bridgehead atoms. The maximum atomic E-state index is 5.54. The van der Waals surface area contributed by atoms with Crippen LogP contribution >= 0.6 is 0 Å². The van der Waals surface area contributed by atoms with Crippen molar-refractivity contribution in [3.63, 3.8) is 0 Å². The van der Waals surface area contributed by atoms with Gasteiger partial charge < -0.3 is 19.5 Å². The first-order valence-corrected chi connectivity index (χ1v) is 8.29. The van der Waals surface area contributed by atoms with Crippen LogP contribution < -0.4 is 5.32 Å². The van der Waals surface area contributed by atoms with E-state index in [0.29, 0.717) is 32.5 Å². The predicted octanol–water partition coefficient (Wildman–Crippen LogP) is 2.61. The smallest absolute Gasteiger partial charge is 0.0701 e. The van der Waals surface area contributed by atoms with Crippen LogP contribution in [0.15, 0.2) is 0 Å². The SMILES string of the molecule is CCCCOCCOCCOCCNC1CCC(C)C1. The van der Waals surface area contributed by atoms with E-state index in [1.54, 1.807) is 0 Å². The summed E-state index contributed by atoms with van der Waals surface area (Å²) in [6.45, 7) is 9.80. The maximum absolute atomic E-state index is 5.54. The van der Waals surface area contributed by atoms with Crippen LogP contribution in [0.5, 0.6) is 0 Å². The van der Waals surface area contributed by atoms with Gasteiger partial charge in [-0.3, -0.25) is 0 Å². The zero-order valence-electron chi connectivity index (χ0n) is 13.4. The van der Waals surface area contributed by atoms with E-state index in [4.69, 9.17) is 14.2 Å². The Labute approximate surface area is 124 Å². The minimum atomic E-state index is 0.664. The molecular weight excluding hydrogens is 254 g/mol. The van der Waals surface area contributed by atoms with E-state index in [1.807, 2.05) is 0 Å². The molecule has 4 heteroatoms. The molecule has 1 aliphatic carbocycles. The van der Waals surface area contributed by atoms with Gasteiger partial charge in [0.05, 0.1) is 33.0 Å². The van der Waals surface area contributed by atoms with Crippen LogP contribution in [-0.4, -0.2) is 52.2 Å². The highest BCUT2D eigenvalue weighted by molar-refractivity contribution is 4.77. The molecule has 1 N–H and O–H groups in total. The van der Waals surface area contributed by atoms with Crippen molar-refractivity contribution >= 4 is 0 Å². The Balaban J connectivity index is 1.70. The molecular formula is C16H33NO3. The van der Waals surface area contributed by atoms with Crippen molar-refractivity contribution in [1.82, 2.24) is 5.32 Å². The molecule has 0 saturated heterocycles. The lowest BCUT2D eigenvalue weighted by molar-refractivity contribution is 0.0144. The molecule has 0 radical (unpaired) electrons. The van der Waals surface area contributed by atoms with Gasteiger partial charge >= 0.3 is 0 Å². The van der Waals surface area contributed by atoms with E-state index < -0.39 is 0 Å². The molecule has 0 aromatic rings. The van der Waals surface area contributed by atoms with E-state index in [1.165, 1.54) is 25.7 Å². The summed E-state index contributed by atoms with van der Waals surface area (Å²) in [7, 11) is 0. The van der Waals surface area contributed by atoms with Gasteiger partial charge in [0, 0.05) is 19.2 Å². The number of unbranched alkanes of at least 4 members (excludes halogenated alkanes) is 1. The lowest BCUT2D eigenvalue weighted by atomic mass is 10.1. The fourth-order valence-corrected chi connectivity index (χ4v) is 2.52. The van der Waals surface area contributed by atoms with Crippen molar-refractivity contribution < 1.29 is 14.2 Å². The van der Waals surface area contributed by atoms with Crippen LogP contribution in [0, 0.1) is 5.92 Å². The van der Waals surface area contributed by atoms with Crippen molar-refractivity contribution in [1.29, 1.82) is 0 Å². The van der Waals surface area contributed by atoms with E-state index in [-0.39, 0.29) is 0 Å². The van der Waals surface area contributed by atoms with Crippen LogP contribution in [0.2, 0.25) is 0 Å². The number of hydrogen-bond acceptors (Lipinski definition) is 4. The summed E-state index contributed by atoms with van der Waals surface area (Å²) in [5.41, 5.74) is 0. The molecule has 2 atom stereocenters. The second-order valence-corrected chi connectivity index (χ2v) is 5.76. The van der Waals surface area contributed by atoms with Crippen molar-refractivity contribution in [3.8, 4) is 0 Å². The molecule has 0 heterocycles. The fraction of sp³-hybridized carbons (Fsp3) is 1.00. The number of nitrogens with one attached hydrogen (secondary N) is 1. The molecule has 0 aromatic heterocycles. The summed E-state index contributed by atoms with van der Waals surface area (Å²) in [6.07, 6.45) is 6.33. The first kappa shape index (κ1) is 17.9. The molecule has 0 aromatic carbocycles. The van der Waals surface area contributed by atoms with Gasteiger partial charge in [0.2, 0.25) is 0 Å². The zero-order chi connectivity index (χ0) is 14.5. The predicted molar refractivity (Wildman–Crippen MR) is 82.2 cm³/mol. The van der Waals surface area contributed by atoms with Gasteiger partial charge in [-0.2, -0.15) is 0 Å².